The van der Waals surface area contributed by atoms with Gasteiger partial charge in [-0.2, -0.15) is 5.26 Å². The zero-order valence-corrected chi connectivity index (χ0v) is 11.6. The third-order valence-corrected chi connectivity index (χ3v) is 3.34. The quantitative estimate of drug-likeness (QED) is 0.539. The minimum absolute atomic E-state index is 0.0320. The summed E-state index contributed by atoms with van der Waals surface area (Å²) in [6.45, 7) is 2.68. The number of hydrogen-bond acceptors (Lipinski definition) is 2. The molecule has 1 unspecified atom stereocenters. The molecule has 0 saturated carbocycles. The first kappa shape index (κ1) is 14.2. The average Bonchev–Trinajstić information content (AvgIpc) is 2.31. The highest BCUT2D eigenvalue weighted by Gasteiger charge is 2.30. The van der Waals surface area contributed by atoms with Crippen LogP contribution in [-0.4, -0.2) is 10.9 Å². The van der Waals surface area contributed by atoms with E-state index in [1.54, 1.807) is 6.08 Å². The summed E-state index contributed by atoms with van der Waals surface area (Å²) in [5.41, 5.74) is 0. The second-order valence-electron chi connectivity index (χ2n) is 4.16. The third kappa shape index (κ3) is 4.51. The number of allylic oxidation sites excluding steroid dienone is 3. The molecule has 0 spiro atoms. The smallest absolute Gasteiger partial charge is 0.150 e. The van der Waals surface area contributed by atoms with Crippen molar-refractivity contribution >= 4 is 15.9 Å². The Morgan fingerprint density at radius 1 is 1.53 bits per heavy atom. The molecule has 94 valence electrons. The van der Waals surface area contributed by atoms with Gasteiger partial charge in [0, 0.05) is 6.42 Å². The molecule has 1 atom stereocenters. The van der Waals surface area contributed by atoms with Crippen LogP contribution in [0.1, 0.15) is 39.0 Å². The Hall–Kier alpha value is -0.820. The Morgan fingerprint density at radius 2 is 2.29 bits per heavy atom. The fraction of sp³-hybridized carbons (Fsp3) is 0.615. The second kappa shape index (κ2) is 6.80. The van der Waals surface area contributed by atoms with Gasteiger partial charge in [-0.3, -0.25) is 0 Å². The average molecular weight is 302 g/mol. The van der Waals surface area contributed by atoms with Crippen molar-refractivity contribution in [3.8, 4) is 6.07 Å². The van der Waals surface area contributed by atoms with Gasteiger partial charge in [0.25, 0.3) is 0 Å². The van der Waals surface area contributed by atoms with E-state index in [-0.39, 0.29) is 18.0 Å². The zero-order valence-electron chi connectivity index (χ0n) is 10.0. The van der Waals surface area contributed by atoms with Crippen LogP contribution in [0.4, 0.5) is 4.39 Å². The molecule has 1 rings (SSSR count). The number of alkyl halides is 1. The SMILES string of the molecule is CCCCCCOC1=C(F)CC(Br)(C#N)C=C1. The van der Waals surface area contributed by atoms with Crippen molar-refractivity contribution in [1.29, 1.82) is 5.26 Å². The van der Waals surface area contributed by atoms with Crippen molar-refractivity contribution in [2.24, 2.45) is 0 Å². The van der Waals surface area contributed by atoms with E-state index in [9.17, 15) is 4.39 Å². The fourth-order valence-electron chi connectivity index (χ4n) is 1.58. The molecule has 0 aromatic heterocycles. The van der Waals surface area contributed by atoms with Gasteiger partial charge >= 0.3 is 0 Å². The molecular formula is C13H17BrFNO. The number of unbranched alkanes of at least 4 members (excludes halogenated alkanes) is 3. The fourth-order valence-corrected chi connectivity index (χ4v) is 1.96. The molecule has 0 aliphatic heterocycles. The highest BCUT2D eigenvalue weighted by atomic mass is 79.9. The standard InChI is InChI=1S/C13H17BrFNO/c1-2-3-4-5-8-17-12-6-7-13(14,10-16)9-11(12)15/h6-7H,2-5,8-9H2,1H3. The molecule has 1 aliphatic rings. The molecule has 0 aromatic rings. The Morgan fingerprint density at radius 3 is 2.88 bits per heavy atom. The number of halogens is 2. The second-order valence-corrected chi connectivity index (χ2v) is 5.58. The number of ether oxygens (including phenoxy) is 1. The van der Waals surface area contributed by atoms with Gasteiger partial charge in [-0.15, -0.1) is 0 Å². The minimum Gasteiger partial charge on any atom is -0.491 e. The first-order valence-corrected chi connectivity index (χ1v) is 6.71. The first-order chi connectivity index (χ1) is 8.11. The van der Waals surface area contributed by atoms with Crippen LogP contribution >= 0.6 is 15.9 Å². The molecule has 17 heavy (non-hydrogen) atoms. The van der Waals surface area contributed by atoms with Crippen LogP contribution in [0, 0.1) is 11.3 Å². The van der Waals surface area contributed by atoms with Crippen LogP contribution < -0.4 is 0 Å². The summed E-state index contributed by atoms with van der Waals surface area (Å²) >= 11 is 3.19. The summed E-state index contributed by atoms with van der Waals surface area (Å²) in [6, 6.07) is 2.02. The Labute approximate surface area is 110 Å². The molecule has 0 saturated heterocycles. The highest BCUT2D eigenvalue weighted by molar-refractivity contribution is 9.10. The lowest BCUT2D eigenvalue weighted by atomic mass is 10.0. The summed E-state index contributed by atoms with van der Waals surface area (Å²) in [4.78, 5) is 0. The van der Waals surface area contributed by atoms with Gasteiger partial charge in [0.15, 0.2) is 5.76 Å². The van der Waals surface area contributed by atoms with Crippen molar-refractivity contribution in [2.45, 2.75) is 43.4 Å². The number of hydrogen-bond donors (Lipinski definition) is 0. The van der Waals surface area contributed by atoms with Crippen LogP contribution in [0.2, 0.25) is 0 Å². The molecule has 0 radical (unpaired) electrons. The van der Waals surface area contributed by atoms with E-state index in [0.717, 1.165) is 12.8 Å². The van der Waals surface area contributed by atoms with Crippen LogP contribution in [-0.2, 0) is 4.74 Å². The Balaban J connectivity index is 2.39. The van der Waals surface area contributed by atoms with Crippen molar-refractivity contribution in [2.75, 3.05) is 6.61 Å². The predicted octanol–water partition coefficient (Wildman–Crippen LogP) is 4.38. The van der Waals surface area contributed by atoms with Crippen molar-refractivity contribution in [1.82, 2.24) is 0 Å². The highest BCUT2D eigenvalue weighted by Crippen LogP contribution is 2.34. The molecule has 0 N–H and O–H groups in total. The Kier molecular flexibility index (Phi) is 5.70. The molecule has 0 aromatic carbocycles. The lowest BCUT2D eigenvalue weighted by Crippen LogP contribution is -2.18. The molecule has 0 fully saturated rings. The summed E-state index contributed by atoms with van der Waals surface area (Å²) in [6.07, 6.45) is 7.61. The van der Waals surface area contributed by atoms with Gasteiger partial charge in [-0.1, -0.05) is 42.1 Å². The number of nitriles is 1. The van der Waals surface area contributed by atoms with E-state index in [1.807, 2.05) is 6.07 Å². The van der Waals surface area contributed by atoms with E-state index in [0.29, 0.717) is 6.61 Å². The molecule has 1 aliphatic carbocycles. The van der Waals surface area contributed by atoms with E-state index in [4.69, 9.17) is 10.00 Å². The molecule has 2 nitrogen and oxygen atoms in total. The topological polar surface area (TPSA) is 33.0 Å². The lowest BCUT2D eigenvalue weighted by Gasteiger charge is -2.20. The van der Waals surface area contributed by atoms with Gasteiger partial charge in [0.2, 0.25) is 0 Å². The van der Waals surface area contributed by atoms with Crippen LogP contribution in [0.5, 0.6) is 0 Å². The van der Waals surface area contributed by atoms with Gasteiger partial charge in [0.1, 0.15) is 10.2 Å². The summed E-state index contributed by atoms with van der Waals surface area (Å²) in [5, 5.41) is 8.85. The summed E-state index contributed by atoms with van der Waals surface area (Å²) in [7, 11) is 0. The van der Waals surface area contributed by atoms with Gasteiger partial charge in [0.05, 0.1) is 12.7 Å². The lowest BCUT2D eigenvalue weighted by molar-refractivity contribution is 0.203. The zero-order chi connectivity index (χ0) is 12.7. The maximum atomic E-state index is 13.6. The van der Waals surface area contributed by atoms with Crippen LogP contribution in [0.25, 0.3) is 0 Å². The van der Waals surface area contributed by atoms with Crippen molar-refractivity contribution in [3.63, 3.8) is 0 Å². The summed E-state index contributed by atoms with van der Waals surface area (Å²) in [5.74, 6) is -0.0896. The van der Waals surface area contributed by atoms with E-state index < -0.39 is 4.32 Å². The maximum Gasteiger partial charge on any atom is 0.150 e. The van der Waals surface area contributed by atoms with Gasteiger partial charge in [-0.25, -0.2) is 4.39 Å². The molecule has 4 heteroatoms. The monoisotopic (exact) mass is 301 g/mol. The normalized spacial score (nSPS) is 23.6. The maximum absolute atomic E-state index is 13.6. The van der Waals surface area contributed by atoms with Crippen LogP contribution in [0.15, 0.2) is 23.7 Å². The largest absolute Gasteiger partial charge is 0.491 e. The molecular weight excluding hydrogens is 285 g/mol. The van der Waals surface area contributed by atoms with Gasteiger partial charge < -0.3 is 4.74 Å². The molecule has 0 amide bonds. The van der Waals surface area contributed by atoms with Crippen molar-refractivity contribution < 1.29 is 9.13 Å². The number of nitrogens with zero attached hydrogens (tertiary/aromatic N) is 1. The predicted molar refractivity (Wildman–Crippen MR) is 69.3 cm³/mol. The minimum atomic E-state index is -0.911. The summed E-state index contributed by atoms with van der Waals surface area (Å²) < 4.78 is 18.1. The first-order valence-electron chi connectivity index (χ1n) is 5.92. The third-order valence-electron chi connectivity index (χ3n) is 2.62. The van der Waals surface area contributed by atoms with Crippen molar-refractivity contribution in [3.05, 3.63) is 23.7 Å². The molecule has 0 heterocycles. The molecule has 0 bridgehead atoms. The number of rotatable bonds is 6. The van der Waals surface area contributed by atoms with E-state index in [1.165, 1.54) is 18.9 Å². The van der Waals surface area contributed by atoms with E-state index >= 15 is 0 Å². The van der Waals surface area contributed by atoms with Gasteiger partial charge in [-0.05, 0) is 18.6 Å². The van der Waals surface area contributed by atoms with Crippen LogP contribution in [0.3, 0.4) is 0 Å². The Bertz CT molecular complexity index is 359. The van der Waals surface area contributed by atoms with E-state index in [2.05, 4.69) is 22.9 Å².